The van der Waals surface area contributed by atoms with E-state index >= 15 is 0 Å². The Hall–Kier alpha value is -2.54. The third-order valence-corrected chi connectivity index (χ3v) is 3.65. The van der Waals surface area contributed by atoms with E-state index in [2.05, 4.69) is 5.32 Å². The van der Waals surface area contributed by atoms with Crippen molar-refractivity contribution >= 4 is 5.91 Å². The summed E-state index contributed by atoms with van der Waals surface area (Å²) in [6.45, 7) is 0.187. The van der Waals surface area contributed by atoms with Crippen LogP contribution in [-0.2, 0) is 16.9 Å². The SMILES string of the molecule is CC(N)(C(=O)NCc1ccccc1OCC(F)(F)F)c1ccccc1. The summed E-state index contributed by atoms with van der Waals surface area (Å²) in [4.78, 5) is 12.4. The molecular weight excluding hydrogens is 333 g/mol. The Morgan fingerprint density at radius 1 is 1.08 bits per heavy atom. The van der Waals surface area contributed by atoms with E-state index in [1.165, 1.54) is 6.07 Å². The largest absolute Gasteiger partial charge is 0.484 e. The van der Waals surface area contributed by atoms with Gasteiger partial charge in [0.1, 0.15) is 11.3 Å². The average Bonchev–Trinajstić information content (AvgIpc) is 2.58. The number of alkyl halides is 3. The highest BCUT2D eigenvalue weighted by molar-refractivity contribution is 5.87. The molecule has 0 aliphatic heterocycles. The summed E-state index contributed by atoms with van der Waals surface area (Å²) >= 11 is 0. The molecule has 0 bridgehead atoms. The molecule has 0 aromatic heterocycles. The van der Waals surface area contributed by atoms with Crippen LogP contribution in [0.25, 0.3) is 0 Å². The fourth-order valence-corrected chi connectivity index (χ4v) is 2.22. The maximum absolute atomic E-state index is 12.4. The molecule has 1 amide bonds. The summed E-state index contributed by atoms with van der Waals surface area (Å²) in [6, 6.07) is 15.1. The lowest BCUT2D eigenvalue weighted by Gasteiger charge is -2.24. The summed E-state index contributed by atoms with van der Waals surface area (Å²) in [5.74, 6) is -0.372. The van der Waals surface area contributed by atoms with E-state index in [4.69, 9.17) is 10.5 Å². The quantitative estimate of drug-likeness (QED) is 0.840. The molecule has 4 nitrogen and oxygen atoms in total. The molecule has 25 heavy (non-hydrogen) atoms. The Kier molecular flexibility index (Phi) is 5.69. The predicted octanol–water partition coefficient (Wildman–Crippen LogP) is 3.12. The van der Waals surface area contributed by atoms with Gasteiger partial charge in [-0.15, -0.1) is 0 Å². The molecule has 0 spiro atoms. The third-order valence-electron chi connectivity index (χ3n) is 3.65. The number of benzene rings is 2. The number of ether oxygens (including phenoxy) is 1. The fourth-order valence-electron chi connectivity index (χ4n) is 2.22. The van der Waals surface area contributed by atoms with Crippen molar-refractivity contribution in [3.8, 4) is 5.75 Å². The van der Waals surface area contributed by atoms with Gasteiger partial charge in [-0.25, -0.2) is 0 Å². The number of para-hydroxylation sites is 1. The lowest BCUT2D eigenvalue weighted by molar-refractivity contribution is -0.153. The average molecular weight is 352 g/mol. The molecule has 7 heteroatoms. The molecule has 2 aromatic rings. The molecule has 0 aliphatic rings. The molecule has 0 aliphatic carbocycles. The maximum Gasteiger partial charge on any atom is 0.422 e. The van der Waals surface area contributed by atoms with E-state index < -0.39 is 24.2 Å². The number of nitrogens with two attached hydrogens (primary N) is 1. The first-order valence-corrected chi connectivity index (χ1v) is 7.60. The van der Waals surface area contributed by atoms with Crippen molar-refractivity contribution < 1.29 is 22.7 Å². The van der Waals surface area contributed by atoms with Gasteiger partial charge in [-0.05, 0) is 18.6 Å². The molecule has 0 heterocycles. The minimum Gasteiger partial charge on any atom is -0.484 e. The number of amides is 1. The van der Waals surface area contributed by atoms with Gasteiger partial charge < -0.3 is 15.8 Å². The Morgan fingerprint density at radius 3 is 2.32 bits per heavy atom. The third kappa shape index (κ3) is 5.22. The number of rotatable bonds is 6. The lowest BCUT2D eigenvalue weighted by atomic mass is 9.92. The minimum absolute atomic E-state index is 0.00644. The maximum atomic E-state index is 12.4. The molecule has 1 atom stereocenters. The monoisotopic (exact) mass is 352 g/mol. The van der Waals surface area contributed by atoms with Crippen LogP contribution in [0.5, 0.6) is 5.75 Å². The lowest BCUT2D eigenvalue weighted by Crippen LogP contribution is -2.48. The van der Waals surface area contributed by atoms with Gasteiger partial charge in [0.05, 0.1) is 0 Å². The standard InChI is InChI=1S/C18H19F3N2O2/c1-17(22,14-8-3-2-4-9-14)16(24)23-11-13-7-5-6-10-15(13)25-12-18(19,20)21/h2-10H,11-12,22H2,1H3,(H,23,24). The molecule has 0 saturated heterocycles. The smallest absolute Gasteiger partial charge is 0.422 e. The Labute approximate surface area is 143 Å². The van der Waals surface area contributed by atoms with Crippen LogP contribution in [0, 0.1) is 0 Å². The van der Waals surface area contributed by atoms with E-state index in [9.17, 15) is 18.0 Å². The van der Waals surface area contributed by atoms with Gasteiger partial charge in [0.15, 0.2) is 6.61 Å². The van der Waals surface area contributed by atoms with Crippen LogP contribution in [0.1, 0.15) is 18.1 Å². The highest BCUT2D eigenvalue weighted by atomic mass is 19.4. The van der Waals surface area contributed by atoms with Crippen molar-refractivity contribution in [3.63, 3.8) is 0 Å². The van der Waals surface area contributed by atoms with Crippen molar-refractivity contribution in [2.45, 2.75) is 25.2 Å². The van der Waals surface area contributed by atoms with Gasteiger partial charge in [0.2, 0.25) is 5.91 Å². The van der Waals surface area contributed by atoms with Crippen LogP contribution in [0.15, 0.2) is 54.6 Å². The van der Waals surface area contributed by atoms with Crippen molar-refractivity contribution in [2.75, 3.05) is 6.61 Å². The van der Waals surface area contributed by atoms with E-state index in [1.54, 1.807) is 49.4 Å². The second-order valence-electron chi connectivity index (χ2n) is 5.76. The second kappa shape index (κ2) is 7.57. The zero-order valence-electron chi connectivity index (χ0n) is 13.6. The van der Waals surface area contributed by atoms with E-state index in [1.807, 2.05) is 6.07 Å². The summed E-state index contributed by atoms with van der Waals surface area (Å²) in [6.07, 6.45) is -4.43. The summed E-state index contributed by atoms with van der Waals surface area (Å²) < 4.78 is 41.8. The van der Waals surface area contributed by atoms with E-state index in [0.29, 0.717) is 11.1 Å². The van der Waals surface area contributed by atoms with Gasteiger partial charge in [0, 0.05) is 12.1 Å². The van der Waals surface area contributed by atoms with Crippen LogP contribution in [0.3, 0.4) is 0 Å². The first-order chi connectivity index (χ1) is 11.7. The molecule has 0 saturated carbocycles. The number of carbonyl (C=O) groups excluding carboxylic acids is 1. The molecule has 2 rings (SSSR count). The molecule has 2 aromatic carbocycles. The van der Waals surface area contributed by atoms with Crippen molar-refractivity contribution in [3.05, 3.63) is 65.7 Å². The topological polar surface area (TPSA) is 64.4 Å². The number of hydrogen-bond donors (Lipinski definition) is 2. The van der Waals surface area contributed by atoms with E-state index in [-0.39, 0.29) is 12.3 Å². The minimum atomic E-state index is -4.43. The summed E-state index contributed by atoms with van der Waals surface area (Å²) in [7, 11) is 0. The zero-order chi connectivity index (χ0) is 18.5. The van der Waals surface area contributed by atoms with Gasteiger partial charge in [-0.2, -0.15) is 13.2 Å². The summed E-state index contributed by atoms with van der Waals surface area (Å²) in [5.41, 5.74) is 5.91. The Morgan fingerprint density at radius 2 is 1.68 bits per heavy atom. The van der Waals surface area contributed by atoms with Crippen LogP contribution in [-0.4, -0.2) is 18.7 Å². The second-order valence-corrected chi connectivity index (χ2v) is 5.76. The highest BCUT2D eigenvalue weighted by Crippen LogP contribution is 2.23. The van der Waals surface area contributed by atoms with Crippen molar-refractivity contribution in [1.29, 1.82) is 0 Å². The first-order valence-electron chi connectivity index (χ1n) is 7.60. The van der Waals surface area contributed by atoms with Gasteiger partial charge >= 0.3 is 6.18 Å². The van der Waals surface area contributed by atoms with E-state index in [0.717, 1.165) is 0 Å². The molecule has 1 unspecified atom stereocenters. The van der Waals surface area contributed by atoms with Crippen LogP contribution < -0.4 is 15.8 Å². The zero-order valence-corrected chi connectivity index (χ0v) is 13.6. The summed E-state index contributed by atoms with van der Waals surface area (Å²) in [5, 5.41) is 2.65. The molecule has 134 valence electrons. The Bertz CT molecular complexity index is 716. The molecule has 3 N–H and O–H groups in total. The van der Waals surface area contributed by atoms with Gasteiger partial charge in [0.25, 0.3) is 0 Å². The highest BCUT2D eigenvalue weighted by Gasteiger charge is 2.31. The number of hydrogen-bond acceptors (Lipinski definition) is 3. The van der Waals surface area contributed by atoms with Gasteiger partial charge in [-0.1, -0.05) is 48.5 Å². The predicted molar refractivity (Wildman–Crippen MR) is 87.8 cm³/mol. The molecule has 0 fully saturated rings. The van der Waals surface area contributed by atoms with Crippen LogP contribution in [0.2, 0.25) is 0 Å². The Balaban J connectivity index is 2.05. The molecule has 0 radical (unpaired) electrons. The normalized spacial score (nSPS) is 13.8. The molecular formula is C18H19F3N2O2. The number of halogens is 3. The van der Waals surface area contributed by atoms with Gasteiger partial charge in [-0.3, -0.25) is 4.79 Å². The number of carbonyl (C=O) groups is 1. The van der Waals surface area contributed by atoms with Crippen molar-refractivity contribution in [2.24, 2.45) is 5.73 Å². The van der Waals surface area contributed by atoms with Crippen molar-refractivity contribution in [1.82, 2.24) is 5.32 Å². The van der Waals surface area contributed by atoms with Crippen LogP contribution >= 0.6 is 0 Å². The number of nitrogens with one attached hydrogen (secondary N) is 1. The van der Waals surface area contributed by atoms with Crippen LogP contribution in [0.4, 0.5) is 13.2 Å². The first kappa shape index (κ1) is 18.8. The fraction of sp³-hybridized carbons (Fsp3) is 0.278.